The summed E-state index contributed by atoms with van der Waals surface area (Å²) in [5.41, 5.74) is 7.86. The van der Waals surface area contributed by atoms with Gasteiger partial charge >= 0.3 is 0 Å². The number of carbonyl (C=O) groups is 1. The number of amides is 1. The fourth-order valence-corrected chi connectivity index (χ4v) is 3.32. The molecule has 1 amide bonds. The number of benzene rings is 1. The van der Waals surface area contributed by atoms with Crippen molar-refractivity contribution in [2.45, 2.75) is 51.6 Å². The predicted octanol–water partition coefficient (Wildman–Crippen LogP) is 3.08. The Hall–Kier alpha value is -2.21. The Morgan fingerprint density at radius 3 is 2.52 bits per heavy atom. The summed E-state index contributed by atoms with van der Waals surface area (Å²) in [6.45, 7) is 4.39. The van der Waals surface area contributed by atoms with E-state index in [4.69, 9.17) is 10.3 Å². The van der Waals surface area contributed by atoms with Crippen molar-refractivity contribution >= 4 is 5.91 Å². The van der Waals surface area contributed by atoms with E-state index in [1.807, 2.05) is 45.2 Å². The first-order valence-electron chi connectivity index (χ1n) is 8.86. The first-order valence-corrected chi connectivity index (χ1v) is 8.86. The van der Waals surface area contributed by atoms with E-state index in [1.165, 1.54) is 0 Å². The van der Waals surface area contributed by atoms with E-state index in [0.717, 1.165) is 36.8 Å². The van der Waals surface area contributed by atoms with Crippen molar-refractivity contribution in [1.82, 2.24) is 15.0 Å². The Bertz CT molecular complexity index is 730. The summed E-state index contributed by atoms with van der Waals surface area (Å²) in [6, 6.07) is 7.85. The molecule has 1 aliphatic carbocycles. The van der Waals surface area contributed by atoms with E-state index >= 15 is 0 Å². The number of nitrogens with zero attached hydrogens (tertiary/aromatic N) is 3. The van der Waals surface area contributed by atoms with Crippen LogP contribution in [-0.2, 0) is 16.9 Å². The molecule has 1 aliphatic rings. The van der Waals surface area contributed by atoms with E-state index in [-0.39, 0.29) is 11.8 Å². The number of hydrogen-bond acceptors (Lipinski definition) is 5. The normalized spacial score (nSPS) is 16.4. The summed E-state index contributed by atoms with van der Waals surface area (Å²) in [4.78, 5) is 18.2. The number of carbonyl (C=O) groups excluding carboxylic acids is 1. The fraction of sp³-hybridized carbons (Fsp3) is 0.526. The molecule has 25 heavy (non-hydrogen) atoms. The van der Waals surface area contributed by atoms with Crippen molar-refractivity contribution in [3.05, 3.63) is 35.7 Å². The molecular formula is C19H26N4O2. The van der Waals surface area contributed by atoms with Gasteiger partial charge in [-0.05, 0) is 30.5 Å². The standard InChI is InChI=1S/C19H26N4O2/c1-13(2)17(24)23(3)12-14-6-8-15(9-7-14)16-21-18(22-25-16)19(20)10-4-5-11-19/h6-9,13H,4-5,10-12,20H2,1-3H3. The average Bonchev–Trinajstić information content (AvgIpc) is 3.25. The molecule has 0 unspecified atom stereocenters. The molecule has 0 atom stereocenters. The van der Waals surface area contributed by atoms with Crippen LogP contribution in [-0.4, -0.2) is 28.0 Å². The zero-order valence-electron chi connectivity index (χ0n) is 15.2. The summed E-state index contributed by atoms with van der Waals surface area (Å²) >= 11 is 0. The first kappa shape index (κ1) is 17.6. The van der Waals surface area contributed by atoms with Gasteiger partial charge in [0.1, 0.15) is 0 Å². The highest BCUT2D eigenvalue weighted by molar-refractivity contribution is 5.77. The lowest BCUT2D eigenvalue weighted by molar-refractivity contribution is -0.133. The zero-order chi connectivity index (χ0) is 18.0. The van der Waals surface area contributed by atoms with Crippen LogP contribution in [0.5, 0.6) is 0 Å². The van der Waals surface area contributed by atoms with Gasteiger partial charge in [0.25, 0.3) is 5.89 Å². The molecule has 1 saturated carbocycles. The van der Waals surface area contributed by atoms with Crippen LogP contribution in [0.15, 0.2) is 28.8 Å². The van der Waals surface area contributed by atoms with Crippen molar-refractivity contribution in [3.63, 3.8) is 0 Å². The van der Waals surface area contributed by atoms with Crippen LogP contribution < -0.4 is 5.73 Å². The molecule has 6 nitrogen and oxygen atoms in total. The van der Waals surface area contributed by atoms with Gasteiger partial charge in [0.2, 0.25) is 5.91 Å². The van der Waals surface area contributed by atoms with Gasteiger partial charge in [-0.2, -0.15) is 4.98 Å². The van der Waals surface area contributed by atoms with Crippen molar-refractivity contribution in [2.75, 3.05) is 7.05 Å². The predicted molar refractivity (Wildman–Crippen MR) is 95.4 cm³/mol. The molecule has 1 heterocycles. The van der Waals surface area contributed by atoms with Crippen LogP contribution in [0.4, 0.5) is 0 Å². The minimum Gasteiger partial charge on any atom is -0.341 e. The van der Waals surface area contributed by atoms with Crippen LogP contribution in [0.1, 0.15) is 50.9 Å². The van der Waals surface area contributed by atoms with Crippen LogP contribution in [0.2, 0.25) is 0 Å². The molecule has 134 valence electrons. The third kappa shape index (κ3) is 3.74. The maximum atomic E-state index is 12.0. The van der Waals surface area contributed by atoms with Crippen LogP contribution >= 0.6 is 0 Å². The molecule has 3 rings (SSSR count). The SMILES string of the molecule is CC(C)C(=O)N(C)Cc1ccc(-c2nc(C3(N)CCCC3)no2)cc1. The molecule has 0 aliphatic heterocycles. The molecule has 2 N–H and O–H groups in total. The van der Waals surface area contributed by atoms with Crippen LogP contribution in [0.3, 0.4) is 0 Å². The van der Waals surface area contributed by atoms with E-state index in [0.29, 0.717) is 18.3 Å². The fourth-order valence-electron chi connectivity index (χ4n) is 3.32. The molecule has 6 heteroatoms. The molecular weight excluding hydrogens is 316 g/mol. The number of aromatic nitrogens is 2. The van der Waals surface area contributed by atoms with Crippen LogP contribution in [0.25, 0.3) is 11.5 Å². The summed E-state index contributed by atoms with van der Waals surface area (Å²) in [5.74, 6) is 1.23. The lowest BCUT2D eigenvalue weighted by atomic mass is 9.98. The Labute approximate surface area is 148 Å². The summed E-state index contributed by atoms with van der Waals surface area (Å²) < 4.78 is 5.41. The van der Waals surface area contributed by atoms with Gasteiger partial charge in [-0.15, -0.1) is 0 Å². The summed E-state index contributed by atoms with van der Waals surface area (Å²) in [7, 11) is 1.82. The molecule has 1 fully saturated rings. The second kappa shape index (κ2) is 6.96. The highest BCUT2D eigenvalue weighted by Gasteiger charge is 2.36. The smallest absolute Gasteiger partial charge is 0.257 e. The molecule has 2 aromatic rings. The lowest BCUT2D eigenvalue weighted by Gasteiger charge is -2.19. The van der Waals surface area contributed by atoms with Gasteiger partial charge < -0.3 is 15.2 Å². The Kier molecular flexibility index (Phi) is 4.90. The Balaban J connectivity index is 1.70. The topological polar surface area (TPSA) is 85.2 Å². The molecule has 1 aromatic carbocycles. The first-order chi connectivity index (χ1) is 11.9. The van der Waals surface area contributed by atoms with Gasteiger partial charge in [-0.25, -0.2) is 0 Å². The monoisotopic (exact) mass is 342 g/mol. The molecule has 0 saturated heterocycles. The highest BCUT2D eigenvalue weighted by Crippen LogP contribution is 2.35. The minimum absolute atomic E-state index is 0.000239. The van der Waals surface area contributed by atoms with Gasteiger partial charge in [-0.3, -0.25) is 4.79 Å². The third-order valence-corrected chi connectivity index (χ3v) is 4.86. The highest BCUT2D eigenvalue weighted by atomic mass is 16.5. The van der Waals surface area contributed by atoms with Crippen molar-refractivity contribution in [3.8, 4) is 11.5 Å². The average molecular weight is 342 g/mol. The quantitative estimate of drug-likeness (QED) is 0.902. The van der Waals surface area contributed by atoms with Gasteiger partial charge in [0, 0.05) is 25.1 Å². The maximum Gasteiger partial charge on any atom is 0.257 e. The van der Waals surface area contributed by atoms with Crippen molar-refractivity contribution in [2.24, 2.45) is 11.7 Å². The van der Waals surface area contributed by atoms with E-state index in [2.05, 4.69) is 10.1 Å². The van der Waals surface area contributed by atoms with E-state index in [1.54, 1.807) is 4.90 Å². The molecule has 0 bridgehead atoms. The van der Waals surface area contributed by atoms with Gasteiger partial charge in [-0.1, -0.05) is 44.0 Å². The Morgan fingerprint density at radius 1 is 1.28 bits per heavy atom. The minimum atomic E-state index is -0.443. The number of hydrogen-bond donors (Lipinski definition) is 1. The van der Waals surface area contributed by atoms with Crippen molar-refractivity contribution in [1.29, 1.82) is 0 Å². The van der Waals surface area contributed by atoms with Crippen LogP contribution in [0, 0.1) is 5.92 Å². The third-order valence-electron chi connectivity index (χ3n) is 4.86. The number of nitrogens with two attached hydrogens (primary N) is 1. The maximum absolute atomic E-state index is 12.0. The largest absolute Gasteiger partial charge is 0.341 e. The van der Waals surface area contributed by atoms with Gasteiger partial charge in [0.05, 0.1) is 5.54 Å². The molecule has 1 aromatic heterocycles. The summed E-state index contributed by atoms with van der Waals surface area (Å²) in [5, 5.41) is 4.10. The molecule has 0 radical (unpaired) electrons. The zero-order valence-corrected chi connectivity index (χ0v) is 15.2. The van der Waals surface area contributed by atoms with E-state index < -0.39 is 5.54 Å². The van der Waals surface area contributed by atoms with Gasteiger partial charge in [0.15, 0.2) is 5.82 Å². The summed E-state index contributed by atoms with van der Waals surface area (Å²) in [6.07, 6.45) is 4.03. The van der Waals surface area contributed by atoms with Crippen molar-refractivity contribution < 1.29 is 9.32 Å². The second-order valence-electron chi connectivity index (χ2n) is 7.33. The molecule has 0 spiro atoms. The lowest BCUT2D eigenvalue weighted by Crippen LogP contribution is -2.34. The number of rotatable bonds is 5. The van der Waals surface area contributed by atoms with E-state index in [9.17, 15) is 4.79 Å². The Morgan fingerprint density at radius 2 is 1.92 bits per heavy atom. The second-order valence-corrected chi connectivity index (χ2v) is 7.33.